The maximum atomic E-state index is 14.2. The van der Waals surface area contributed by atoms with E-state index in [0.717, 1.165) is 18.4 Å². The molecular weight excluding hydrogens is 588 g/mol. The van der Waals surface area contributed by atoms with E-state index in [1.807, 2.05) is 35.2 Å². The Hall–Kier alpha value is -4.41. The summed E-state index contributed by atoms with van der Waals surface area (Å²) in [4.78, 5) is 70.1. The van der Waals surface area contributed by atoms with Crippen LogP contribution in [0.15, 0.2) is 54.6 Å². The number of nitrogens with one attached hydrogen (secondary N) is 2. The molecule has 11 nitrogen and oxygen atoms in total. The molecule has 0 aromatic heterocycles. The Labute approximate surface area is 271 Å². The second kappa shape index (κ2) is 14.3. The summed E-state index contributed by atoms with van der Waals surface area (Å²) in [7, 11) is 0. The highest BCUT2D eigenvalue weighted by Crippen LogP contribution is 2.44. The van der Waals surface area contributed by atoms with Crippen molar-refractivity contribution >= 4 is 35.5 Å². The van der Waals surface area contributed by atoms with Gasteiger partial charge in [-0.25, -0.2) is 14.4 Å². The van der Waals surface area contributed by atoms with Crippen LogP contribution in [0.4, 0.5) is 10.5 Å². The van der Waals surface area contributed by atoms with Crippen LogP contribution in [-0.4, -0.2) is 77.5 Å². The van der Waals surface area contributed by atoms with E-state index in [1.165, 1.54) is 11.0 Å². The van der Waals surface area contributed by atoms with Gasteiger partial charge in [0.1, 0.15) is 11.6 Å². The molecule has 11 heteroatoms. The highest BCUT2D eigenvalue weighted by molar-refractivity contribution is 5.96. The van der Waals surface area contributed by atoms with Crippen molar-refractivity contribution < 1.29 is 33.4 Å². The van der Waals surface area contributed by atoms with Crippen LogP contribution in [-0.2, 0) is 23.9 Å². The van der Waals surface area contributed by atoms with Gasteiger partial charge >= 0.3 is 18.0 Å². The molecule has 4 amide bonds. The van der Waals surface area contributed by atoms with Gasteiger partial charge in [0.25, 0.3) is 0 Å². The number of urea groups is 1. The van der Waals surface area contributed by atoms with Gasteiger partial charge in [-0.3, -0.25) is 9.59 Å². The van der Waals surface area contributed by atoms with Crippen LogP contribution >= 0.6 is 0 Å². The molecule has 0 bridgehead atoms. The van der Waals surface area contributed by atoms with Crippen molar-refractivity contribution in [2.45, 2.75) is 78.5 Å². The quantitative estimate of drug-likeness (QED) is 0.393. The maximum Gasteiger partial charge on any atom is 0.338 e. The highest BCUT2D eigenvalue weighted by atomic mass is 16.6. The molecule has 0 radical (unpaired) electrons. The Morgan fingerprint density at radius 3 is 2.37 bits per heavy atom. The molecule has 4 rings (SSSR count). The number of anilines is 1. The topological polar surface area (TPSA) is 134 Å². The summed E-state index contributed by atoms with van der Waals surface area (Å²) in [5, 5.41) is 5.20. The smallest absolute Gasteiger partial charge is 0.338 e. The molecule has 0 saturated carbocycles. The molecule has 46 heavy (non-hydrogen) atoms. The third-order valence-electron chi connectivity index (χ3n) is 8.16. The summed E-state index contributed by atoms with van der Waals surface area (Å²) in [6.07, 6.45) is 1.99. The van der Waals surface area contributed by atoms with Crippen LogP contribution < -0.4 is 10.6 Å². The van der Waals surface area contributed by atoms with Gasteiger partial charge in [0.2, 0.25) is 11.8 Å². The number of nitrogens with zero attached hydrogens (tertiary/aromatic N) is 2. The fourth-order valence-electron chi connectivity index (χ4n) is 6.26. The number of esters is 2. The molecular formula is C35H46N4O7. The summed E-state index contributed by atoms with van der Waals surface area (Å²) in [6, 6.07) is 13.0. The minimum absolute atomic E-state index is 0.0397. The lowest BCUT2D eigenvalue weighted by Gasteiger charge is -2.40. The zero-order chi connectivity index (χ0) is 33.6. The van der Waals surface area contributed by atoms with E-state index in [4.69, 9.17) is 9.47 Å². The average Bonchev–Trinajstić information content (AvgIpc) is 3.40. The Bertz CT molecular complexity index is 1440. The molecule has 2 N–H and O–H groups in total. The van der Waals surface area contributed by atoms with Crippen molar-refractivity contribution in [3.63, 3.8) is 0 Å². The molecule has 3 atom stereocenters. The first-order chi connectivity index (χ1) is 21.7. The number of carbonyl (C=O) groups is 5. The van der Waals surface area contributed by atoms with Crippen molar-refractivity contribution in [3.05, 3.63) is 65.7 Å². The van der Waals surface area contributed by atoms with Crippen LogP contribution in [0.2, 0.25) is 0 Å². The molecule has 0 spiro atoms. The molecule has 2 fully saturated rings. The Balaban J connectivity index is 1.59. The average molecular weight is 635 g/mol. The minimum Gasteiger partial charge on any atom is -0.462 e. The van der Waals surface area contributed by atoms with Gasteiger partial charge in [0.05, 0.1) is 30.7 Å². The lowest BCUT2D eigenvalue weighted by atomic mass is 9.83. The van der Waals surface area contributed by atoms with E-state index in [9.17, 15) is 24.0 Å². The number of rotatable bonds is 8. The number of carbonyl (C=O) groups excluding carboxylic acids is 5. The van der Waals surface area contributed by atoms with Gasteiger partial charge < -0.3 is 29.9 Å². The number of hydrogen-bond acceptors (Lipinski definition) is 7. The minimum atomic E-state index is -1.03. The van der Waals surface area contributed by atoms with E-state index in [1.54, 1.807) is 45.9 Å². The van der Waals surface area contributed by atoms with E-state index in [2.05, 4.69) is 24.5 Å². The van der Waals surface area contributed by atoms with E-state index in [0.29, 0.717) is 18.8 Å². The third-order valence-corrected chi connectivity index (χ3v) is 8.16. The normalized spacial score (nSPS) is 20.9. The predicted molar refractivity (Wildman–Crippen MR) is 173 cm³/mol. The molecule has 2 aromatic carbocycles. The Kier molecular flexibility index (Phi) is 10.7. The van der Waals surface area contributed by atoms with Crippen molar-refractivity contribution in [2.75, 3.05) is 31.6 Å². The lowest BCUT2D eigenvalue weighted by molar-refractivity contribution is -0.164. The number of amides is 4. The molecule has 3 unspecified atom stereocenters. The van der Waals surface area contributed by atoms with Gasteiger partial charge in [-0.05, 0) is 76.1 Å². The predicted octanol–water partition coefficient (Wildman–Crippen LogP) is 4.93. The van der Waals surface area contributed by atoms with Gasteiger partial charge in [-0.2, -0.15) is 0 Å². The largest absolute Gasteiger partial charge is 0.462 e. The van der Waals surface area contributed by atoms with E-state index >= 15 is 0 Å². The second-order valence-electron chi connectivity index (χ2n) is 13.7. The fraction of sp³-hybridized carbons (Fsp3) is 0.514. The SMILES string of the molecule is CCOC(=O)c1cccc(NC(=O)NCC(=O)N2C(C(=O)OC(C)(C)C)CC(C(=O)N3CCCC(C)(C)C3)C2c2ccccc2)c1. The fourth-order valence-corrected chi connectivity index (χ4v) is 6.26. The first kappa shape index (κ1) is 34.5. The van der Waals surface area contributed by atoms with Gasteiger partial charge in [-0.1, -0.05) is 50.2 Å². The van der Waals surface area contributed by atoms with Crippen LogP contribution in [0, 0.1) is 11.3 Å². The maximum absolute atomic E-state index is 14.2. The molecule has 2 aliphatic heterocycles. The highest BCUT2D eigenvalue weighted by Gasteiger charge is 2.52. The number of hydrogen-bond donors (Lipinski definition) is 2. The second-order valence-corrected chi connectivity index (χ2v) is 13.7. The number of ether oxygens (including phenoxy) is 2. The standard InChI is InChI=1S/C35H46N4O7/c1-7-45-31(42)24-15-11-16-25(19-24)37-33(44)36-21-28(40)39-27(32(43)46-34(2,3)4)20-26(29(39)23-13-9-8-10-14-23)30(41)38-18-12-17-35(5,6)22-38/h8-11,13-16,19,26-27,29H,7,12,17-18,20-22H2,1-6H3,(H2,36,37,44). The number of likely N-dealkylation sites (tertiary alicyclic amines) is 2. The summed E-state index contributed by atoms with van der Waals surface area (Å²) in [6.45, 7) is 12.2. The van der Waals surface area contributed by atoms with Crippen LogP contribution in [0.1, 0.15) is 82.8 Å². The van der Waals surface area contributed by atoms with Gasteiger partial charge in [-0.15, -0.1) is 0 Å². The van der Waals surface area contributed by atoms with Crippen LogP contribution in [0.3, 0.4) is 0 Å². The van der Waals surface area contributed by atoms with Crippen molar-refractivity contribution in [1.82, 2.24) is 15.1 Å². The lowest BCUT2D eigenvalue weighted by Crippen LogP contribution is -2.49. The van der Waals surface area contributed by atoms with Crippen molar-refractivity contribution in [1.29, 1.82) is 0 Å². The zero-order valence-corrected chi connectivity index (χ0v) is 27.6. The molecule has 0 aliphatic carbocycles. The summed E-state index contributed by atoms with van der Waals surface area (Å²) in [5.74, 6) is -2.44. The van der Waals surface area contributed by atoms with Crippen LogP contribution in [0.25, 0.3) is 0 Å². The molecule has 2 heterocycles. The molecule has 248 valence electrons. The molecule has 2 aromatic rings. The molecule has 2 aliphatic rings. The van der Waals surface area contributed by atoms with Crippen LogP contribution in [0.5, 0.6) is 0 Å². The first-order valence-corrected chi connectivity index (χ1v) is 15.9. The van der Waals surface area contributed by atoms with Gasteiger partial charge in [0.15, 0.2) is 0 Å². The van der Waals surface area contributed by atoms with E-state index < -0.39 is 54.0 Å². The zero-order valence-electron chi connectivity index (χ0n) is 27.6. The summed E-state index contributed by atoms with van der Waals surface area (Å²) < 4.78 is 10.8. The Morgan fingerprint density at radius 2 is 1.72 bits per heavy atom. The number of piperidine rings is 1. The van der Waals surface area contributed by atoms with Gasteiger partial charge in [0, 0.05) is 18.8 Å². The Morgan fingerprint density at radius 1 is 1.00 bits per heavy atom. The summed E-state index contributed by atoms with van der Waals surface area (Å²) >= 11 is 0. The first-order valence-electron chi connectivity index (χ1n) is 15.9. The van der Waals surface area contributed by atoms with Crippen molar-refractivity contribution in [3.8, 4) is 0 Å². The monoisotopic (exact) mass is 634 g/mol. The molecule has 2 saturated heterocycles. The summed E-state index contributed by atoms with van der Waals surface area (Å²) in [5.41, 5.74) is 0.467. The number of benzene rings is 2. The third kappa shape index (κ3) is 8.64. The van der Waals surface area contributed by atoms with Crippen molar-refractivity contribution in [2.24, 2.45) is 11.3 Å². The van der Waals surface area contributed by atoms with E-state index in [-0.39, 0.29) is 29.9 Å².